The molecule has 5 heteroatoms. The molecule has 0 aromatic carbocycles. The predicted octanol–water partition coefficient (Wildman–Crippen LogP) is 2.80. The summed E-state index contributed by atoms with van der Waals surface area (Å²) in [6.45, 7) is 7.46. The van der Waals surface area contributed by atoms with Crippen LogP contribution in [-0.2, 0) is 4.79 Å². The quantitative estimate of drug-likeness (QED) is 0.848. The minimum atomic E-state index is -0.864. The second-order valence-corrected chi connectivity index (χ2v) is 6.82. The van der Waals surface area contributed by atoms with Gasteiger partial charge in [0.25, 0.3) is 0 Å². The molecule has 1 heterocycles. The highest BCUT2D eigenvalue weighted by Gasteiger charge is 2.39. The van der Waals surface area contributed by atoms with Gasteiger partial charge in [0.05, 0.1) is 0 Å². The molecule has 5 nitrogen and oxygen atoms in total. The van der Waals surface area contributed by atoms with Gasteiger partial charge in [-0.1, -0.05) is 13.3 Å². The van der Waals surface area contributed by atoms with Crippen molar-refractivity contribution in [2.45, 2.75) is 65.0 Å². The van der Waals surface area contributed by atoms with Gasteiger partial charge >= 0.3 is 12.0 Å². The topological polar surface area (TPSA) is 60.9 Å². The normalized spacial score (nSPS) is 26.0. The molecule has 2 aliphatic rings. The molecule has 2 atom stereocenters. The molecule has 2 unspecified atom stereocenters. The summed E-state index contributed by atoms with van der Waals surface area (Å²) in [4.78, 5) is 27.8. The molecule has 1 N–H and O–H groups in total. The molecule has 2 rings (SSSR count). The first-order valence-corrected chi connectivity index (χ1v) is 8.24. The molecule has 1 aliphatic carbocycles. The minimum absolute atomic E-state index is 0.0844. The minimum Gasteiger partial charge on any atom is -0.480 e. The van der Waals surface area contributed by atoms with E-state index in [1.54, 1.807) is 4.90 Å². The summed E-state index contributed by atoms with van der Waals surface area (Å²) < 4.78 is 0. The van der Waals surface area contributed by atoms with Crippen molar-refractivity contribution in [3.05, 3.63) is 0 Å². The summed E-state index contributed by atoms with van der Waals surface area (Å²) in [7, 11) is 0. The Hall–Kier alpha value is -1.26. The number of nitrogens with zero attached hydrogens (tertiary/aromatic N) is 2. The van der Waals surface area contributed by atoms with Gasteiger partial charge in [0.15, 0.2) is 0 Å². The lowest BCUT2D eigenvalue weighted by atomic mass is 9.89. The van der Waals surface area contributed by atoms with Crippen molar-refractivity contribution in [3.8, 4) is 0 Å². The Labute approximate surface area is 127 Å². The van der Waals surface area contributed by atoms with Gasteiger partial charge in [0.1, 0.15) is 6.04 Å². The Morgan fingerprint density at radius 1 is 1.24 bits per heavy atom. The summed E-state index contributed by atoms with van der Waals surface area (Å²) in [6, 6.07) is -0.619. The molecule has 2 fully saturated rings. The van der Waals surface area contributed by atoms with Crippen molar-refractivity contribution in [1.82, 2.24) is 9.80 Å². The molecule has 2 amide bonds. The van der Waals surface area contributed by atoms with E-state index in [9.17, 15) is 14.7 Å². The average molecular weight is 296 g/mol. The van der Waals surface area contributed by atoms with Gasteiger partial charge in [0, 0.05) is 19.1 Å². The molecule has 0 aromatic rings. The first-order valence-electron chi connectivity index (χ1n) is 8.24. The van der Waals surface area contributed by atoms with Crippen molar-refractivity contribution in [2.75, 3.05) is 13.1 Å². The lowest BCUT2D eigenvalue weighted by Crippen LogP contribution is -2.56. The van der Waals surface area contributed by atoms with E-state index in [4.69, 9.17) is 0 Å². The molecule has 0 spiro atoms. The van der Waals surface area contributed by atoms with Gasteiger partial charge in [-0.15, -0.1) is 0 Å². The number of carboxylic acid groups (broad SMARTS) is 1. The Bertz CT molecular complexity index is 393. The smallest absolute Gasteiger partial charge is 0.326 e. The zero-order chi connectivity index (χ0) is 15.6. The summed E-state index contributed by atoms with van der Waals surface area (Å²) in [5.41, 5.74) is 0. The maximum atomic E-state index is 12.8. The molecule has 1 aliphatic heterocycles. The number of amides is 2. The summed E-state index contributed by atoms with van der Waals surface area (Å²) in [5.74, 6) is 0.176. The first-order chi connectivity index (χ1) is 9.93. The Kier molecular flexibility index (Phi) is 5.12. The molecule has 1 saturated heterocycles. The average Bonchev–Trinajstić information content (AvgIpc) is 3.27. The van der Waals surface area contributed by atoms with E-state index in [1.807, 2.05) is 18.7 Å². The maximum absolute atomic E-state index is 12.8. The third-order valence-corrected chi connectivity index (χ3v) is 4.84. The molecule has 21 heavy (non-hydrogen) atoms. The first kappa shape index (κ1) is 16.1. The highest BCUT2D eigenvalue weighted by atomic mass is 16.4. The number of hydrogen-bond donors (Lipinski definition) is 1. The van der Waals surface area contributed by atoms with Crippen LogP contribution in [0.5, 0.6) is 0 Å². The Morgan fingerprint density at radius 2 is 1.90 bits per heavy atom. The number of likely N-dealkylation sites (tertiary alicyclic amines) is 1. The second-order valence-electron chi connectivity index (χ2n) is 6.82. The van der Waals surface area contributed by atoms with E-state index in [0.717, 1.165) is 19.4 Å². The number of piperidine rings is 1. The fraction of sp³-hybridized carbons (Fsp3) is 0.875. The van der Waals surface area contributed by atoms with Crippen molar-refractivity contribution in [3.63, 3.8) is 0 Å². The number of carbonyl (C=O) groups is 2. The SMILES string of the molecule is CCC1CCN(C(=O)N(CC2CC2)C(C)C)C(C(=O)O)C1. The largest absolute Gasteiger partial charge is 0.480 e. The van der Waals surface area contributed by atoms with Gasteiger partial charge in [-0.2, -0.15) is 0 Å². The Balaban J connectivity index is 2.08. The molecular formula is C16H28N2O3. The second kappa shape index (κ2) is 6.67. The third kappa shape index (κ3) is 3.89. The van der Waals surface area contributed by atoms with Crippen LogP contribution in [0.3, 0.4) is 0 Å². The molecular weight excluding hydrogens is 268 g/mol. The number of rotatable bonds is 5. The van der Waals surface area contributed by atoms with E-state index in [2.05, 4.69) is 6.92 Å². The van der Waals surface area contributed by atoms with Crippen LogP contribution in [0.4, 0.5) is 4.79 Å². The molecule has 0 radical (unpaired) electrons. The van der Waals surface area contributed by atoms with Gasteiger partial charge < -0.3 is 14.9 Å². The van der Waals surface area contributed by atoms with Gasteiger partial charge in [-0.05, 0) is 51.4 Å². The van der Waals surface area contributed by atoms with Crippen molar-refractivity contribution < 1.29 is 14.7 Å². The van der Waals surface area contributed by atoms with Crippen LogP contribution in [0.15, 0.2) is 0 Å². The van der Waals surface area contributed by atoms with Crippen molar-refractivity contribution in [1.29, 1.82) is 0 Å². The summed E-state index contributed by atoms with van der Waals surface area (Å²) in [5, 5.41) is 9.47. The molecule has 120 valence electrons. The van der Waals surface area contributed by atoms with Gasteiger partial charge in [0.2, 0.25) is 0 Å². The standard InChI is InChI=1S/C16H28N2O3/c1-4-12-7-8-17(14(9-12)15(19)20)16(21)18(11(2)3)10-13-5-6-13/h11-14H,4-10H2,1-3H3,(H,19,20). The van der Waals surface area contributed by atoms with Crippen molar-refractivity contribution >= 4 is 12.0 Å². The highest BCUT2D eigenvalue weighted by molar-refractivity contribution is 5.83. The number of urea groups is 1. The lowest BCUT2D eigenvalue weighted by Gasteiger charge is -2.41. The number of hydrogen-bond acceptors (Lipinski definition) is 2. The van der Waals surface area contributed by atoms with Crippen LogP contribution >= 0.6 is 0 Å². The zero-order valence-corrected chi connectivity index (χ0v) is 13.4. The molecule has 0 aromatic heterocycles. The van der Waals surface area contributed by atoms with E-state index < -0.39 is 12.0 Å². The Morgan fingerprint density at radius 3 is 2.38 bits per heavy atom. The van der Waals surface area contributed by atoms with Crippen LogP contribution in [0.25, 0.3) is 0 Å². The summed E-state index contributed by atoms with van der Waals surface area (Å²) in [6.07, 6.45) is 4.88. The van der Waals surface area contributed by atoms with Crippen LogP contribution in [-0.4, -0.2) is 52.1 Å². The number of aliphatic carboxylic acids is 1. The van der Waals surface area contributed by atoms with E-state index in [0.29, 0.717) is 24.8 Å². The van der Waals surface area contributed by atoms with E-state index >= 15 is 0 Å². The van der Waals surface area contributed by atoms with Gasteiger partial charge in [-0.25, -0.2) is 9.59 Å². The van der Waals surface area contributed by atoms with Crippen molar-refractivity contribution in [2.24, 2.45) is 11.8 Å². The number of carbonyl (C=O) groups excluding carboxylic acids is 1. The van der Waals surface area contributed by atoms with E-state index in [1.165, 1.54) is 12.8 Å². The molecule has 1 saturated carbocycles. The fourth-order valence-corrected chi connectivity index (χ4v) is 3.13. The predicted molar refractivity (Wildman–Crippen MR) is 81.1 cm³/mol. The van der Waals surface area contributed by atoms with E-state index in [-0.39, 0.29) is 12.1 Å². The lowest BCUT2D eigenvalue weighted by molar-refractivity contribution is -0.144. The summed E-state index contributed by atoms with van der Waals surface area (Å²) >= 11 is 0. The van der Waals surface area contributed by atoms with Crippen LogP contribution < -0.4 is 0 Å². The zero-order valence-electron chi connectivity index (χ0n) is 13.4. The fourth-order valence-electron chi connectivity index (χ4n) is 3.13. The highest BCUT2D eigenvalue weighted by Crippen LogP contribution is 2.32. The van der Waals surface area contributed by atoms with Crippen LogP contribution in [0, 0.1) is 11.8 Å². The van der Waals surface area contributed by atoms with Gasteiger partial charge in [-0.3, -0.25) is 0 Å². The third-order valence-electron chi connectivity index (χ3n) is 4.84. The monoisotopic (exact) mass is 296 g/mol. The number of carboxylic acids is 1. The molecule has 0 bridgehead atoms. The maximum Gasteiger partial charge on any atom is 0.326 e. The van der Waals surface area contributed by atoms with Crippen LogP contribution in [0.2, 0.25) is 0 Å². The van der Waals surface area contributed by atoms with Crippen LogP contribution in [0.1, 0.15) is 52.9 Å².